The zero-order chi connectivity index (χ0) is 15.0. The molecule has 0 fully saturated rings. The minimum absolute atomic E-state index is 0.0584. The van der Waals surface area contributed by atoms with Crippen LogP contribution in [0.1, 0.15) is 10.4 Å². The van der Waals surface area contributed by atoms with Crippen LogP contribution < -0.4 is 0 Å². The fourth-order valence-corrected chi connectivity index (χ4v) is 2.34. The van der Waals surface area contributed by atoms with Crippen LogP contribution in [-0.4, -0.2) is 23.4 Å². The molecule has 2 aromatic carbocycles. The molecule has 0 saturated heterocycles. The molecule has 2 aromatic rings. The van der Waals surface area contributed by atoms with Crippen LogP contribution in [0.25, 0.3) is 0 Å². The fourth-order valence-electron chi connectivity index (χ4n) is 1.43. The molecule has 0 saturated carbocycles. The Kier molecular flexibility index (Phi) is 6.42. The van der Waals surface area contributed by atoms with Gasteiger partial charge < -0.3 is 5.11 Å². The normalized spacial score (nSPS) is 9.30. The van der Waals surface area contributed by atoms with Gasteiger partial charge in [-0.25, -0.2) is 0 Å². The number of hydrogen-bond donors (Lipinski definition) is 1. The summed E-state index contributed by atoms with van der Waals surface area (Å²) in [6, 6.07) is 13.5. The first-order valence-corrected chi connectivity index (χ1v) is 6.43. The molecule has 0 aromatic heterocycles. The molecule has 5 nitrogen and oxygen atoms in total. The highest BCUT2D eigenvalue weighted by atomic mass is 32.2. The van der Waals surface area contributed by atoms with Gasteiger partial charge in [0.2, 0.25) is 0 Å². The maximum absolute atomic E-state index is 10.9. The first-order valence-electron chi connectivity index (χ1n) is 5.62. The number of carbonyl (C=O) groups excluding carboxylic acids is 1. The molecule has 0 spiro atoms. The van der Waals surface area contributed by atoms with Crippen LogP contribution in [0, 0.1) is 10.1 Å². The van der Waals surface area contributed by atoms with E-state index in [9.17, 15) is 14.9 Å². The molecule has 0 aliphatic rings. The number of nitro groups is 1. The van der Waals surface area contributed by atoms with Crippen LogP contribution in [0.5, 0.6) is 0 Å². The van der Waals surface area contributed by atoms with Crippen molar-refractivity contribution in [3.63, 3.8) is 0 Å². The van der Waals surface area contributed by atoms with Crippen molar-refractivity contribution < 1.29 is 14.8 Å². The minimum Gasteiger partial charge on any atom is -0.400 e. The second-order valence-electron chi connectivity index (χ2n) is 3.51. The standard InChI is InChI=1S/C13H9NO3S.CH4O/c15-9-10-3-1-2-4-13(10)18-12-7-5-11(6-8-12)14(16)17;1-2/h1-9H;2H,1H3. The zero-order valence-electron chi connectivity index (χ0n) is 10.7. The lowest BCUT2D eigenvalue weighted by molar-refractivity contribution is -0.384. The van der Waals surface area contributed by atoms with Crippen molar-refractivity contribution in [1.29, 1.82) is 0 Å². The number of nitrogens with zero attached hydrogens (tertiary/aromatic N) is 1. The van der Waals surface area contributed by atoms with Crippen molar-refractivity contribution in [3.8, 4) is 0 Å². The maximum atomic E-state index is 10.9. The quantitative estimate of drug-likeness (QED) is 0.531. The highest BCUT2D eigenvalue weighted by Gasteiger charge is 2.06. The number of aldehydes is 1. The second-order valence-corrected chi connectivity index (χ2v) is 4.62. The summed E-state index contributed by atoms with van der Waals surface area (Å²) in [5, 5.41) is 17.5. The van der Waals surface area contributed by atoms with Crippen molar-refractivity contribution in [1.82, 2.24) is 0 Å². The Morgan fingerprint density at radius 2 is 1.70 bits per heavy atom. The molecule has 0 heterocycles. The van der Waals surface area contributed by atoms with Crippen LogP contribution in [0.4, 0.5) is 5.69 Å². The van der Waals surface area contributed by atoms with Crippen molar-refractivity contribution in [2.75, 3.05) is 7.11 Å². The highest BCUT2D eigenvalue weighted by Crippen LogP contribution is 2.30. The Morgan fingerprint density at radius 1 is 1.10 bits per heavy atom. The second kappa shape index (κ2) is 8.08. The van der Waals surface area contributed by atoms with Gasteiger partial charge in [0.1, 0.15) is 0 Å². The van der Waals surface area contributed by atoms with Gasteiger partial charge in [0.05, 0.1) is 4.92 Å². The number of aliphatic hydroxyl groups excluding tert-OH is 1. The van der Waals surface area contributed by atoms with Gasteiger partial charge in [-0.15, -0.1) is 0 Å². The summed E-state index contributed by atoms with van der Waals surface area (Å²) in [6.45, 7) is 0. The SMILES string of the molecule is CO.O=Cc1ccccc1Sc1ccc([N+](=O)[O-])cc1. The average molecular weight is 291 g/mol. The monoisotopic (exact) mass is 291 g/mol. The number of aliphatic hydroxyl groups is 1. The van der Waals surface area contributed by atoms with Crippen molar-refractivity contribution in [2.24, 2.45) is 0 Å². The molecule has 20 heavy (non-hydrogen) atoms. The maximum Gasteiger partial charge on any atom is 0.269 e. The van der Waals surface area contributed by atoms with E-state index in [0.29, 0.717) is 5.56 Å². The Hall–Kier alpha value is -2.18. The van der Waals surface area contributed by atoms with E-state index in [-0.39, 0.29) is 5.69 Å². The number of rotatable bonds is 4. The molecule has 0 aliphatic heterocycles. The Balaban J connectivity index is 0.000000956. The molecule has 2 rings (SSSR count). The van der Waals surface area contributed by atoms with Gasteiger partial charge in [-0.3, -0.25) is 14.9 Å². The van der Waals surface area contributed by atoms with Crippen molar-refractivity contribution >= 4 is 23.7 Å². The first kappa shape index (κ1) is 15.9. The number of non-ortho nitro benzene ring substituents is 1. The largest absolute Gasteiger partial charge is 0.400 e. The highest BCUT2D eigenvalue weighted by molar-refractivity contribution is 7.99. The molecule has 0 bridgehead atoms. The van der Waals surface area contributed by atoms with E-state index >= 15 is 0 Å². The van der Waals surface area contributed by atoms with Gasteiger partial charge >= 0.3 is 0 Å². The summed E-state index contributed by atoms with van der Waals surface area (Å²) in [5.74, 6) is 0. The van der Waals surface area contributed by atoms with Crippen LogP contribution in [-0.2, 0) is 0 Å². The fraction of sp³-hybridized carbons (Fsp3) is 0.0714. The van der Waals surface area contributed by atoms with E-state index in [0.717, 1.165) is 23.2 Å². The molecular weight excluding hydrogens is 278 g/mol. The third-order valence-corrected chi connectivity index (χ3v) is 3.42. The molecule has 0 atom stereocenters. The molecule has 0 aliphatic carbocycles. The van der Waals surface area contributed by atoms with Crippen LogP contribution in [0.3, 0.4) is 0 Å². The van der Waals surface area contributed by atoms with Crippen molar-refractivity contribution in [3.05, 3.63) is 64.2 Å². The van der Waals surface area contributed by atoms with Gasteiger partial charge in [0.25, 0.3) is 5.69 Å². The summed E-state index contributed by atoms with van der Waals surface area (Å²) in [7, 11) is 1.00. The Labute approximate surface area is 120 Å². The van der Waals surface area contributed by atoms with Crippen LogP contribution >= 0.6 is 11.8 Å². The summed E-state index contributed by atoms with van der Waals surface area (Å²) in [4.78, 5) is 22.6. The van der Waals surface area contributed by atoms with Gasteiger partial charge in [0.15, 0.2) is 6.29 Å². The lowest BCUT2D eigenvalue weighted by atomic mass is 10.2. The summed E-state index contributed by atoms with van der Waals surface area (Å²) in [6.07, 6.45) is 0.799. The molecular formula is C14H13NO4S. The molecule has 0 radical (unpaired) electrons. The zero-order valence-corrected chi connectivity index (χ0v) is 11.5. The molecule has 1 N–H and O–H groups in total. The van der Waals surface area contributed by atoms with Crippen LogP contribution in [0.2, 0.25) is 0 Å². The van der Waals surface area contributed by atoms with Gasteiger partial charge in [-0.1, -0.05) is 30.0 Å². The molecule has 6 heteroatoms. The van der Waals surface area contributed by atoms with E-state index in [1.807, 2.05) is 12.1 Å². The minimum atomic E-state index is -0.437. The molecule has 0 unspecified atom stereocenters. The summed E-state index contributed by atoms with van der Waals surface area (Å²) in [5.41, 5.74) is 0.670. The van der Waals surface area contributed by atoms with Crippen molar-refractivity contribution in [2.45, 2.75) is 9.79 Å². The average Bonchev–Trinajstić information content (AvgIpc) is 2.50. The third-order valence-electron chi connectivity index (χ3n) is 2.32. The topological polar surface area (TPSA) is 80.4 Å². The predicted molar refractivity (Wildman–Crippen MR) is 77.2 cm³/mol. The van der Waals surface area contributed by atoms with Crippen LogP contribution in [0.15, 0.2) is 58.3 Å². The smallest absolute Gasteiger partial charge is 0.269 e. The lowest BCUT2D eigenvalue weighted by Gasteiger charge is -2.03. The predicted octanol–water partition coefficient (Wildman–Crippen LogP) is 3.17. The number of benzene rings is 2. The number of nitro benzene ring substituents is 1. The van der Waals surface area contributed by atoms with Gasteiger partial charge in [-0.05, 0) is 18.2 Å². The van der Waals surface area contributed by atoms with E-state index in [1.165, 1.54) is 23.9 Å². The van der Waals surface area contributed by atoms with Gasteiger partial charge in [-0.2, -0.15) is 0 Å². The van der Waals surface area contributed by atoms with E-state index in [1.54, 1.807) is 24.3 Å². The summed E-state index contributed by atoms with van der Waals surface area (Å²) >= 11 is 1.41. The molecule has 104 valence electrons. The lowest BCUT2D eigenvalue weighted by Crippen LogP contribution is -1.87. The van der Waals surface area contributed by atoms with E-state index in [4.69, 9.17) is 5.11 Å². The third kappa shape index (κ3) is 4.18. The van der Waals surface area contributed by atoms with Gasteiger partial charge in [0, 0.05) is 34.6 Å². The number of hydrogen-bond acceptors (Lipinski definition) is 5. The van der Waals surface area contributed by atoms with E-state index in [2.05, 4.69) is 0 Å². The Morgan fingerprint density at radius 3 is 2.25 bits per heavy atom. The molecule has 0 amide bonds. The number of carbonyl (C=O) groups is 1. The first-order chi connectivity index (χ1) is 9.70. The summed E-state index contributed by atoms with van der Waals surface area (Å²) < 4.78 is 0. The van der Waals surface area contributed by atoms with E-state index < -0.39 is 4.92 Å². The Bertz CT molecular complexity index is 584.